The van der Waals surface area contributed by atoms with Crippen molar-refractivity contribution >= 4 is 22.3 Å². The lowest BCUT2D eigenvalue weighted by molar-refractivity contribution is 0.0593. The highest BCUT2D eigenvalue weighted by Gasteiger charge is 2.54. The number of nitriles is 2. The molecular formula is C29H28F3N9. The van der Waals surface area contributed by atoms with Gasteiger partial charge >= 0.3 is 0 Å². The summed E-state index contributed by atoms with van der Waals surface area (Å²) in [6, 6.07) is 9.70. The Morgan fingerprint density at radius 1 is 1.12 bits per heavy atom. The van der Waals surface area contributed by atoms with Gasteiger partial charge < -0.3 is 10.6 Å². The summed E-state index contributed by atoms with van der Waals surface area (Å²) in [6.07, 6.45) is 0.885. The van der Waals surface area contributed by atoms with Crippen molar-refractivity contribution in [3.05, 3.63) is 70.7 Å². The lowest BCUT2D eigenvalue weighted by atomic mass is 9.96. The Morgan fingerprint density at radius 2 is 1.85 bits per heavy atom. The van der Waals surface area contributed by atoms with Gasteiger partial charge in [0, 0.05) is 35.1 Å². The molecule has 41 heavy (non-hydrogen) atoms. The van der Waals surface area contributed by atoms with Crippen LogP contribution in [0, 0.1) is 40.9 Å². The van der Waals surface area contributed by atoms with Gasteiger partial charge in [-0.05, 0) is 43.4 Å². The number of halogens is 3. The van der Waals surface area contributed by atoms with Gasteiger partial charge in [-0.15, -0.1) is 5.10 Å². The van der Waals surface area contributed by atoms with Crippen LogP contribution in [0.2, 0.25) is 0 Å². The van der Waals surface area contributed by atoms with E-state index in [1.165, 1.54) is 23.1 Å². The van der Waals surface area contributed by atoms with Gasteiger partial charge in [0.2, 0.25) is 5.95 Å². The summed E-state index contributed by atoms with van der Waals surface area (Å²) in [5, 5.41) is 35.2. The first-order valence-corrected chi connectivity index (χ1v) is 13.1. The Morgan fingerprint density at radius 3 is 2.46 bits per heavy atom. The smallest absolute Gasteiger partial charge is 0.263 e. The fourth-order valence-corrected chi connectivity index (χ4v) is 4.73. The molecule has 12 heteroatoms. The molecule has 0 saturated heterocycles. The van der Waals surface area contributed by atoms with Crippen molar-refractivity contribution in [2.75, 3.05) is 17.2 Å². The molecule has 0 aliphatic heterocycles. The van der Waals surface area contributed by atoms with Crippen LogP contribution in [-0.4, -0.2) is 37.9 Å². The van der Waals surface area contributed by atoms with E-state index in [0.717, 1.165) is 0 Å². The standard InChI is InChI=1S/C29H28F3N9/c1-16-20(5-6-23(30)37-16)26(22-14-41(40-39-22)29(7-8-29)27(31)32)38-19-9-17(11-33)24-21(10-19)25(18(12-34)13-35-24)36-15-28(2,3)4/h5-6,9-10,13-14,26-27,38H,7-8,15H2,1-4H3,(H,35,36)/t26-/m0/s1. The number of hydrogen-bond acceptors (Lipinski definition) is 8. The summed E-state index contributed by atoms with van der Waals surface area (Å²) in [4.78, 5) is 8.32. The molecule has 3 aromatic heterocycles. The largest absolute Gasteiger partial charge is 0.383 e. The van der Waals surface area contributed by atoms with Gasteiger partial charge in [-0.1, -0.05) is 32.1 Å². The first-order chi connectivity index (χ1) is 19.5. The van der Waals surface area contributed by atoms with E-state index >= 15 is 0 Å². The molecule has 0 unspecified atom stereocenters. The molecule has 0 amide bonds. The number of nitrogens with zero attached hydrogens (tertiary/aromatic N) is 7. The van der Waals surface area contributed by atoms with Crippen molar-refractivity contribution in [3.63, 3.8) is 0 Å². The van der Waals surface area contributed by atoms with Gasteiger partial charge in [-0.25, -0.2) is 18.4 Å². The van der Waals surface area contributed by atoms with Gasteiger partial charge in [0.15, 0.2) is 0 Å². The second-order valence-electron chi connectivity index (χ2n) is 11.5. The number of benzene rings is 1. The summed E-state index contributed by atoms with van der Waals surface area (Å²) >= 11 is 0. The fraction of sp³-hybridized carbons (Fsp3) is 0.379. The molecule has 1 atom stereocenters. The van der Waals surface area contributed by atoms with Gasteiger partial charge in [0.05, 0.1) is 34.6 Å². The van der Waals surface area contributed by atoms with Crippen LogP contribution in [-0.2, 0) is 5.54 Å². The average molecular weight is 560 g/mol. The molecule has 0 bridgehead atoms. The molecule has 1 aliphatic carbocycles. The van der Waals surface area contributed by atoms with E-state index < -0.39 is 24.0 Å². The van der Waals surface area contributed by atoms with Gasteiger partial charge in [0.25, 0.3) is 6.43 Å². The highest BCUT2D eigenvalue weighted by atomic mass is 19.3. The summed E-state index contributed by atoms with van der Waals surface area (Å²) in [5.74, 6) is -0.662. The van der Waals surface area contributed by atoms with Crippen LogP contribution in [0.1, 0.15) is 67.7 Å². The van der Waals surface area contributed by atoms with Crippen molar-refractivity contribution in [1.82, 2.24) is 25.0 Å². The molecule has 3 heterocycles. The summed E-state index contributed by atoms with van der Waals surface area (Å²) in [6.45, 7) is 8.36. The van der Waals surface area contributed by atoms with E-state index in [1.54, 1.807) is 25.1 Å². The number of nitrogens with one attached hydrogen (secondary N) is 2. The van der Waals surface area contributed by atoms with Gasteiger partial charge in [0.1, 0.15) is 23.4 Å². The minimum Gasteiger partial charge on any atom is -0.383 e. The number of alkyl halides is 2. The summed E-state index contributed by atoms with van der Waals surface area (Å²) in [7, 11) is 0. The summed E-state index contributed by atoms with van der Waals surface area (Å²) < 4.78 is 42.7. The monoisotopic (exact) mass is 559 g/mol. The van der Waals surface area contributed by atoms with Crippen molar-refractivity contribution in [2.45, 2.75) is 58.5 Å². The quantitative estimate of drug-likeness (QED) is 0.258. The van der Waals surface area contributed by atoms with E-state index in [9.17, 15) is 23.7 Å². The van der Waals surface area contributed by atoms with Crippen LogP contribution in [0.3, 0.4) is 0 Å². The van der Waals surface area contributed by atoms with E-state index in [4.69, 9.17) is 0 Å². The minimum absolute atomic E-state index is 0.0998. The molecule has 210 valence electrons. The molecule has 0 spiro atoms. The SMILES string of the molecule is Cc1nc(F)ccc1[C@H](Nc1cc(C#N)c2ncc(C#N)c(NCC(C)(C)C)c2c1)c1cn(C2(C(F)F)CC2)nn1. The zero-order valence-corrected chi connectivity index (χ0v) is 23.0. The topological polar surface area (TPSA) is 128 Å². The first kappa shape index (κ1) is 27.8. The van der Waals surface area contributed by atoms with Crippen LogP contribution in [0.15, 0.2) is 36.7 Å². The highest BCUT2D eigenvalue weighted by molar-refractivity contribution is 5.99. The Hall–Kier alpha value is -4.71. The predicted octanol–water partition coefficient (Wildman–Crippen LogP) is 5.83. The minimum atomic E-state index is -2.60. The second-order valence-corrected chi connectivity index (χ2v) is 11.5. The van der Waals surface area contributed by atoms with Crippen molar-refractivity contribution in [1.29, 1.82) is 10.5 Å². The number of hydrogen-bond donors (Lipinski definition) is 2. The van der Waals surface area contributed by atoms with Crippen molar-refractivity contribution in [2.24, 2.45) is 5.41 Å². The summed E-state index contributed by atoms with van der Waals surface area (Å²) in [5.41, 5.74) is 1.79. The zero-order chi connectivity index (χ0) is 29.5. The van der Waals surface area contributed by atoms with E-state index in [0.29, 0.717) is 51.3 Å². The van der Waals surface area contributed by atoms with E-state index in [-0.39, 0.29) is 23.8 Å². The van der Waals surface area contributed by atoms with E-state index in [2.05, 4.69) is 63.8 Å². The molecule has 1 aromatic carbocycles. The molecule has 9 nitrogen and oxygen atoms in total. The Balaban J connectivity index is 1.63. The highest BCUT2D eigenvalue weighted by Crippen LogP contribution is 2.48. The molecule has 0 radical (unpaired) electrons. The third-order valence-corrected chi connectivity index (χ3v) is 7.15. The van der Waals surface area contributed by atoms with Crippen molar-refractivity contribution < 1.29 is 13.2 Å². The predicted molar refractivity (Wildman–Crippen MR) is 147 cm³/mol. The van der Waals surface area contributed by atoms with Crippen LogP contribution >= 0.6 is 0 Å². The van der Waals surface area contributed by atoms with Crippen LogP contribution in [0.25, 0.3) is 10.9 Å². The van der Waals surface area contributed by atoms with Crippen LogP contribution < -0.4 is 10.6 Å². The lowest BCUT2D eigenvalue weighted by Gasteiger charge is -2.23. The number of pyridine rings is 2. The number of rotatable bonds is 8. The molecule has 5 rings (SSSR count). The second kappa shape index (κ2) is 10.4. The molecule has 1 saturated carbocycles. The third-order valence-electron chi connectivity index (χ3n) is 7.15. The zero-order valence-electron chi connectivity index (χ0n) is 23.0. The van der Waals surface area contributed by atoms with Crippen LogP contribution in [0.5, 0.6) is 0 Å². The Kier molecular flexibility index (Phi) is 7.03. The third kappa shape index (κ3) is 5.38. The van der Waals surface area contributed by atoms with Crippen molar-refractivity contribution in [3.8, 4) is 12.1 Å². The Bertz CT molecular complexity index is 1710. The number of anilines is 2. The van der Waals surface area contributed by atoms with Gasteiger partial charge in [-0.3, -0.25) is 4.98 Å². The van der Waals surface area contributed by atoms with Gasteiger partial charge in [-0.2, -0.15) is 14.9 Å². The first-order valence-electron chi connectivity index (χ1n) is 13.1. The number of aromatic nitrogens is 5. The maximum Gasteiger partial charge on any atom is 0.263 e. The number of aryl methyl sites for hydroxylation is 1. The molecular weight excluding hydrogens is 531 g/mol. The lowest BCUT2D eigenvalue weighted by Crippen LogP contribution is -2.26. The Labute approximate surface area is 235 Å². The van der Waals surface area contributed by atoms with Crippen LogP contribution in [0.4, 0.5) is 24.5 Å². The average Bonchev–Trinajstić information content (AvgIpc) is 3.60. The number of fused-ring (bicyclic) bond motifs is 1. The molecule has 4 aromatic rings. The normalized spacial score (nSPS) is 14.9. The molecule has 1 fully saturated rings. The molecule has 2 N–H and O–H groups in total. The van der Waals surface area contributed by atoms with E-state index in [1.807, 2.05) is 0 Å². The fourth-order valence-electron chi connectivity index (χ4n) is 4.73. The molecule has 1 aliphatic rings. The maximum atomic E-state index is 13.9. The maximum absolute atomic E-state index is 13.9.